The molecule has 0 radical (unpaired) electrons. The normalized spacial score (nSPS) is 17.2. The van der Waals surface area contributed by atoms with E-state index >= 15 is 0 Å². The van der Waals surface area contributed by atoms with E-state index in [1.54, 1.807) is 28.8 Å². The van der Waals surface area contributed by atoms with Gasteiger partial charge in [-0.25, -0.2) is 0 Å². The Bertz CT molecular complexity index is 2630. The van der Waals surface area contributed by atoms with Crippen molar-refractivity contribution in [3.63, 3.8) is 0 Å². The molecule has 8 rings (SSSR count). The van der Waals surface area contributed by atoms with Crippen molar-refractivity contribution in [2.45, 2.75) is 0 Å². The summed E-state index contributed by atoms with van der Waals surface area (Å²) in [5.74, 6) is -0.767. The largest absolute Gasteiger partial charge is 0.456 e. The van der Waals surface area contributed by atoms with Gasteiger partial charge >= 0.3 is 0 Å². The molecule has 1 aliphatic heterocycles. The molecular weight excluding hydrogens is 438 g/mol. The molecule has 168 valence electrons. The minimum atomic E-state index is -0.656. The number of hydrogen-bond donors (Lipinski definition) is 0. The van der Waals surface area contributed by atoms with E-state index < -0.39 is 84.3 Å². The molecular formula is C34H21NO. The third kappa shape index (κ3) is 2.67. The first-order chi connectivity index (χ1) is 23.3. The molecule has 0 N–H and O–H groups in total. The molecule has 2 heterocycles. The molecule has 1 aliphatic rings. The molecule has 0 fully saturated rings. The van der Waals surface area contributed by atoms with E-state index in [0.717, 1.165) is 10.8 Å². The lowest BCUT2D eigenvalue weighted by atomic mass is 9.90. The fourth-order valence-electron chi connectivity index (χ4n) is 4.91. The van der Waals surface area contributed by atoms with Crippen LogP contribution in [0.3, 0.4) is 0 Å². The number of benzene rings is 6. The zero-order valence-corrected chi connectivity index (χ0v) is 18.5. The van der Waals surface area contributed by atoms with Gasteiger partial charge in [0.05, 0.1) is 28.9 Å². The Hall–Kier alpha value is -4.82. The van der Waals surface area contributed by atoms with Crippen molar-refractivity contribution in [2.24, 2.45) is 0 Å². The molecule has 6 aromatic carbocycles. The van der Waals surface area contributed by atoms with E-state index in [4.69, 9.17) is 21.2 Å². The number of ether oxygens (including phenoxy) is 1. The standard InChI is InChI=1S/C34H21NO/c1-4-16-30-25(11-1)26-12-2-5-17-31(26)35(30)23-10-7-9-22(21-23)24-19-20-33-34-28(24)14-8-15-29(34)27-13-3-6-18-32(27)36-33/h1-21H/i3D,6D,7D,8D,9D,10D,13D,14D,15D,18D,19D,20D,21D. The van der Waals surface area contributed by atoms with Crippen molar-refractivity contribution < 1.29 is 22.6 Å². The average molecular weight is 473 g/mol. The summed E-state index contributed by atoms with van der Waals surface area (Å²) in [6, 6.07) is 7.10. The number of aromatic nitrogens is 1. The van der Waals surface area contributed by atoms with Crippen LogP contribution >= 0.6 is 0 Å². The third-order valence-corrected chi connectivity index (χ3v) is 6.43. The molecule has 0 saturated carbocycles. The first-order valence-corrected chi connectivity index (χ1v) is 11.2. The Morgan fingerprint density at radius 3 is 2.11 bits per heavy atom. The first kappa shape index (κ1) is 10.8. The van der Waals surface area contributed by atoms with E-state index in [0.29, 0.717) is 11.0 Å². The monoisotopic (exact) mass is 472 g/mol. The van der Waals surface area contributed by atoms with Crippen molar-refractivity contribution in [2.75, 3.05) is 0 Å². The van der Waals surface area contributed by atoms with Crippen molar-refractivity contribution >= 4 is 32.6 Å². The van der Waals surface area contributed by atoms with E-state index in [2.05, 4.69) is 0 Å². The summed E-state index contributed by atoms with van der Waals surface area (Å²) in [7, 11) is 0. The first-order valence-electron chi connectivity index (χ1n) is 17.7. The Kier molecular flexibility index (Phi) is 2.21. The number of fused-ring (bicyclic) bond motifs is 5. The molecule has 0 saturated heterocycles. The summed E-state index contributed by atoms with van der Waals surface area (Å²) in [6.45, 7) is 0. The third-order valence-electron chi connectivity index (χ3n) is 6.43. The second kappa shape index (κ2) is 7.34. The SMILES string of the molecule is [2H]c1c([2H])c([2H])c2c(c1[2H])Oc1c([2H])c([2H])c(-c3c([2H])c([2H])c([2H])c(-n4c5ccccc5c5ccccc54)c3[2H])c3c([2H])c([2H])c([2H])c-2c13. The predicted molar refractivity (Wildman–Crippen MR) is 149 cm³/mol. The lowest BCUT2D eigenvalue weighted by Gasteiger charge is -2.22. The van der Waals surface area contributed by atoms with Crippen LogP contribution in [-0.4, -0.2) is 4.57 Å². The summed E-state index contributed by atoms with van der Waals surface area (Å²) in [5, 5.41) is 1.22. The molecule has 0 aliphatic carbocycles. The average Bonchev–Trinajstić information content (AvgIpc) is 3.43. The van der Waals surface area contributed by atoms with Crippen molar-refractivity contribution in [3.05, 3.63) is 127 Å². The van der Waals surface area contributed by atoms with E-state index in [1.165, 1.54) is 0 Å². The second-order valence-electron chi connectivity index (χ2n) is 8.35. The molecule has 0 bridgehead atoms. The maximum Gasteiger partial charge on any atom is 0.135 e. The summed E-state index contributed by atoms with van der Waals surface area (Å²) in [4.78, 5) is 0. The van der Waals surface area contributed by atoms with Crippen LogP contribution in [0.2, 0.25) is 0 Å². The van der Waals surface area contributed by atoms with Gasteiger partial charge in [0, 0.05) is 27.4 Å². The van der Waals surface area contributed by atoms with Gasteiger partial charge in [-0.3, -0.25) is 0 Å². The van der Waals surface area contributed by atoms with Gasteiger partial charge in [0.25, 0.3) is 0 Å². The summed E-state index contributed by atoms with van der Waals surface area (Å²) < 4.78 is 122. The highest BCUT2D eigenvalue weighted by Crippen LogP contribution is 2.48. The maximum absolute atomic E-state index is 9.53. The van der Waals surface area contributed by atoms with Gasteiger partial charge in [-0.1, -0.05) is 90.8 Å². The number of nitrogens with zero attached hydrogens (tertiary/aromatic N) is 1. The highest BCUT2D eigenvalue weighted by molar-refractivity contribution is 6.11. The molecule has 0 atom stereocenters. The van der Waals surface area contributed by atoms with Gasteiger partial charge in [0.1, 0.15) is 11.5 Å². The molecule has 0 unspecified atom stereocenters. The number of rotatable bonds is 2. The zero-order valence-electron chi connectivity index (χ0n) is 31.5. The quantitative estimate of drug-likeness (QED) is 0.244. The van der Waals surface area contributed by atoms with Gasteiger partial charge in [-0.2, -0.15) is 0 Å². The summed E-state index contributed by atoms with van der Waals surface area (Å²) in [5.41, 5.74) is 0.0152. The lowest BCUT2D eigenvalue weighted by molar-refractivity contribution is 0.487. The Labute approximate surface area is 226 Å². The maximum atomic E-state index is 9.53. The van der Waals surface area contributed by atoms with Crippen LogP contribution in [0.1, 0.15) is 17.8 Å². The van der Waals surface area contributed by atoms with Crippen LogP contribution in [0, 0.1) is 0 Å². The minimum Gasteiger partial charge on any atom is -0.456 e. The van der Waals surface area contributed by atoms with Crippen LogP contribution in [0.15, 0.2) is 127 Å². The zero-order chi connectivity index (χ0) is 35.0. The van der Waals surface area contributed by atoms with E-state index in [1.807, 2.05) is 24.3 Å². The van der Waals surface area contributed by atoms with Crippen LogP contribution in [-0.2, 0) is 0 Å². The van der Waals surface area contributed by atoms with Gasteiger partial charge in [-0.15, -0.1) is 0 Å². The Morgan fingerprint density at radius 1 is 0.556 bits per heavy atom. The smallest absolute Gasteiger partial charge is 0.135 e. The van der Waals surface area contributed by atoms with Gasteiger partial charge < -0.3 is 9.30 Å². The fraction of sp³-hybridized carbons (Fsp3) is 0. The fourth-order valence-corrected chi connectivity index (χ4v) is 4.91. The lowest BCUT2D eigenvalue weighted by Crippen LogP contribution is -1.98. The van der Waals surface area contributed by atoms with E-state index in [9.17, 15) is 1.37 Å². The Balaban J connectivity index is 1.58. The van der Waals surface area contributed by atoms with Crippen LogP contribution in [0.4, 0.5) is 0 Å². The highest BCUT2D eigenvalue weighted by Gasteiger charge is 2.21. The summed E-state index contributed by atoms with van der Waals surface area (Å²) >= 11 is 0. The van der Waals surface area contributed by atoms with Crippen molar-refractivity contribution in [1.82, 2.24) is 4.57 Å². The predicted octanol–water partition coefficient (Wildman–Crippen LogP) is 9.38. The molecule has 7 aromatic rings. The molecule has 0 amide bonds. The minimum absolute atomic E-state index is 0.0747. The number of hydrogen-bond acceptors (Lipinski definition) is 1. The second-order valence-corrected chi connectivity index (χ2v) is 8.35. The summed E-state index contributed by atoms with van der Waals surface area (Å²) in [6.07, 6.45) is 0. The topological polar surface area (TPSA) is 14.2 Å². The van der Waals surface area contributed by atoms with Gasteiger partial charge in [-0.05, 0) is 58.4 Å². The molecule has 1 aromatic heterocycles. The molecule has 0 spiro atoms. The Morgan fingerprint density at radius 2 is 1.28 bits per heavy atom. The van der Waals surface area contributed by atoms with E-state index in [-0.39, 0.29) is 44.5 Å². The highest BCUT2D eigenvalue weighted by atomic mass is 16.5. The van der Waals surface area contributed by atoms with Crippen LogP contribution in [0.25, 0.3) is 60.5 Å². The van der Waals surface area contributed by atoms with Crippen LogP contribution in [0.5, 0.6) is 11.5 Å². The molecule has 2 nitrogen and oxygen atoms in total. The van der Waals surface area contributed by atoms with Crippen molar-refractivity contribution in [1.29, 1.82) is 0 Å². The molecule has 2 heteroatoms. The van der Waals surface area contributed by atoms with Crippen LogP contribution < -0.4 is 4.74 Å². The van der Waals surface area contributed by atoms with Gasteiger partial charge in [0.2, 0.25) is 0 Å². The number of para-hydroxylation sites is 3. The molecule has 36 heavy (non-hydrogen) atoms. The van der Waals surface area contributed by atoms with Crippen molar-refractivity contribution in [3.8, 4) is 39.4 Å². The van der Waals surface area contributed by atoms with Gasteiger partial charge in [0.15, 0.2) is 0 Å².